The maximum Gasteiger partial charge on any atom is 0.240 e. The highest BCUT2D eigenvalue weighted by molar-refractivity contribution is 7.89. The van der Waals surface area contributed by atoms with Crippen LogP contribution in [0.15, 0.2) is 23.1 Å². The molecule has 0 unspecified atom stereocenters. The Bertz CT molecular complexity index is 563. The summed E-state index contributed by atoms with van der Waals surface area (Å²) in [6, 6.07) is 5.25. The SMILES string of the molecule is CCC1(CNS(=O)(=O)c2ccc(CN)cc2C)CC1. The molecule has 1 aromatic rings. The first-order valence-electron chi connectivity index (χ1n) is 6.72. The third-order valence-electron chi connectivity index (χ3n) is 4.11. The Balaban J connectivity index is 2.15. The summed E-state index contributed by atoms with van der Waals surface area (Å²) < 4.78 is 27.3. The number of rotatable bonds is 6. The summed E-state index contributed by atoms with van der Waals surface area (Å²) in [6.07, 6.45) is 3.27. The topological polar surface area (TPSA) is 72.2 Å². The number of hydrogen-bond donors (Lipinski definition) is 2. The largest absolute Gasteiger partial charge is 0.326 e. The van der Waals surface area contributed by atoms with Crippen LogP contribution in [0.2, 0.25) is 0 Å². The Morgan fingerprint density at radius 3 is 2.53 bits per heavy atom. The summed E-state index contributed by atoms with van der Waals surface area (Å²) in [5, 5.41) is 0. The highest BCUT2D eigenvalue weighted by Gasteiger charge is 2.41. The van der Waals surface area contributed by atoms with Crippen LogP contribution >= 0.6 is 0 Å². The van der Waals surface area contributed by atoms with Gasteiger partial charge < -0.3 is 5.73 Å². The zero-order valence-electron chi connectivity index (χ0n) is 11.6. The van der Waals surface area contributed by atoms with Crippen LogP contribution in [-0.2, 0) is 16.6 Å². The van der Waals surface area contributed by atoms with Crippen LogP contribution in [-0.4, -0.2) is 15.0 Å². The Hall–Kier alpha value is -0.910. The van der Waals surface area contributed by atoms with Gasteiger partial charge in [-0.3, -0.25) is 0 Å². The summed E-state index contributed by atoms with van der Waals surface area (Å²) in [5.41, 5.74) is 7.46. The molecule has 0 aromatic heterocycles. The normalized spacial score (nSPS) is 17.4. The summed E-state index contributed by atoms with van der Waals surface area (Å²) in [4.78, 5) is 0.358. The quantitative estimate of drug-likeness (QED) is 0.837. The fourth-order valence-corrected chi connectivity index (χ4v) is 3.68. The van der Waals surface area contributed by atoms with Gasteiger partial charge in [0.05, 0.1) is 4.90 Å². The van der Waals surface area contributed by atoms with Gasteiger partial charge in [-0.1, -0.05) is 19.1 Å². The predicted octanol–water partition coefficient (Wildman–Crippen LogP) is 1.92. The van der Waals surface area contributed by atoms with E-state index >= 15 is 0 Å². The Labute approximate surface area is 115 Å². The molecule has 0 radical (unpaired) electrons. The number of aryl methyl sites for hydroxylation is 1. The van der Waals surface area contributed by atoms with E-state index in [1.807, 2.05) is 6.07 Å². The third kappa shape index (κ3) is 3.16. The Morgan fingerprint density at radius 1 is 1.37 bits per heavy atom. The van der Waals surface area contributed by atoms with E-state index < -0.39 is 10.0 Å². The van der Waals surface area contributed by atoms with Gasteiger partial charge in [-0.15, -0.1) is 0 Å². The van der Waals surface area contributed by atoms with Crippen molar-refractivity contribution in [2.24, 2.45) is 11.1 Å². The van der Waals surface area contributed by atoms with Crippen LogP contribution in [0.4, 0.5) is 0 Å². The van der Waals surface area contributed by atoms with Gasteiger partial charge in [-0.25, -0.2) is 13.1 Å². The Kier molecular flexibility index (Phi) is 3.99. The van der Waals surface area contributed by atoms with Crippen LogP contribution in [0.5, 0.6) is 0 Å². The van der Waals surface area contributed by atoms with Crippen molar-refractivity contribution in [1.29, 1.82) is 0 Å². The molecule has 3 N–H and O–H groups in total. The van der Waals surface area contributed by atoms with Crippen molar-refractivity contribution in [3.63, 3.8) is 0 Å². The van der Waals surface area contributed by atoms with Crippen LogP contribution < -0.4 is 10.5 Å². The molecule has 0 aliphatic heterocycles. The fourth-order valence-electron chi connectivity index (χ4n) is 2.30. The molecule has 0 saturated heterocycles. The lowest BCUT2D eigenvalue weighted by Crippen LogP contribution is -2.30. The smallest absolute Gasteiger partial charge is 0.240 e. The minimum atomic E-state index is -3.41. The van der Waals surface area contributed by atoms with Crippen LogP contribution in [0.1, 0.15) is 37.3 Å². The van der Waals surface area contributed by atoms with Crippen LogP contribution in [0.25, 0.3) is 0 Å². The van der Waals surface area contributed by atoms with E-state index in [4.69, 9.17) is 5.73 Å². The number of sulfonamides is 1. The molecule has 5 heteroatoms. The standard InChI is InChI=1S/C14H22N2O2S/c1-3-14(6-7-14)10-16-19(17,18)13-5-4-12(9-15)8-11(13)2/h4-5,8,16H,3,6-7,9-10,15H2,1-2H3. The number of benzene rings is 1. The third-order valence-corrected chi connectivity index (χ3v) is 5.67. The molecule has 1 aliphatic rings. The van der Waals surface area contributed by atoms with Gasteiger partial charge in [-0.05, 0) is 48.8 Å². The van der Waals surface area contributed by atoms with Crippen molar-refractivity contribution in [2.75, 3.05) is 6.54 Å². The lowest BCUT2D eigenvalue weighted by atomic mass is 10.1. The molecule has 0 amide bonds. The zero-order chi connectivity index (χ0) is 14.1. The summed E-state index contributed by atoms with van der Waals surface area (Å²) in [6.45, 7) is 4.89. The molecule has 1 saturated carbocycles. The van der Waals surface area contributed by atoms with Crippen molar-refractivity contribution in [3.05, 3.63) is 29.3 Å². The molecule has 1 fully saturated rings. The van der Waals surface area contributed by atoms with Gasteiger partial charge in [-0.2, -0.15) is 0 Å². The summed E-state index contributed by atoms with van der Waals surface area (Å²) in [5.74, 6) is 0. The van der Waals surface area contributed by atoms with Crippen molar-refractivity contribution >= 4 is 10.0 Å². The molecule has 4 nitrogen and oxygen atoms in total. The van der Waals surface area contributed by atoms with E-state index in [0.29, 0.717) is 18.0 Å². The first-order valence-corrected chi connectivity index (χ1v) is 8.20. The molecule has 0 spiro atoms. The van der Waals surface area contributed by atoms with Gasteiger partial charge in [0.1, 0.15) is 0 Å². The van der Waals surface area contributed by atoms with E-state index in [-0.39, 0.29) is 5.41 Å². The van der Waals surface area contributed by atoms with Gasteiger partial charge in [0.25, 0.3) is 0 Å². The average Bonchev–Trinajstić information content (AvgIpc) is 3.17. The van der Waals surface area contributed by atoms with E-state index in [1.165, 1.54) is 0 Å². The molecule has 0 atom stereocenters. The van der Waals surface area contributed by atoms with Crippen LogP contribution in [0, 0.1) is 12.3 Å². The first-order chi connectivity index (χ1) is 8.92. The van der Waals surface area contributed by atoms with Crippen LogP contribution in [0.3, 0.4) is 0 Å². The zero-order valence-corrected chi connectivity index (χ0v) is 12.4. The summed E-state index contributed by atoms with van der Waals surface area (Å²) >= 11 is 0. The lowest BCUT2D eigenvalue weighted by molar-refractivity contribution is 0.475. The van der Waals surface area contributed by atoms with E-state index in [2.05, 4.69) is 11.6 Å². The molecule has 2 rings (SSSR count). The highest BCUT2D eigenvalue weighted by atomic mass is 32.2. The second-order valence-electron chi connectivity index (χ2n) is 5.48. The van der Waals surface area contributed by atoms with Gasteiger partial charge in [0.15, 0.2) is 0 Å². The maximum atomic E-state index is 12.3. The number of nitrogens with two attached hydrogens (primary N) is 1. The first kappa shape index (κ1) is 14.5. The number of hydrogen-bond acceptors (Lipinski definition) is 3. The molecule has 106 valence electrons. The van der Waals surface area contributed by atoms with Gasteiger partial charge in [0, 0.05) is 13.1 Å². The van der Waals surface area contributed by atoms with E-state index in [9.17, 15) is 8.42 Å². The lowest BCUT2D eigenvalue weighted by Gasteiger charge is -2.15. The summed E-state index contributed by atoms with van der Waals surface area (Å²) in [7, 11) is -3.41. The van der Waals surface area contributed by atoms with Crippen molar-refractivity contribution in [3.8, 4) is 0 Å². The minimum absolute atomic E-state index is 0.207. The fraction of sp³-hybridized carbons (Fsp3) is 0.571. The molecule has 1 aromatic carbocycles. The second-order valence-corrected chi connectivity index (χ2v) is 7.22. The van der Waals surface area contributed by atoms with Gasteiger partial charge in [0.2, 0.25) is 10.0 Å². The molecule has 1 aliphatic carbocycles. The number of nitrogens with one attached hydrogen (secondary N) is 1. The molecule has 0 heterocycles. The van der Waals surface area contributed by atoms with E-state index in [1.54, 1.807) is 19.1 Å². The average molecular weight is 282 g/mol. The predicted molar refractivity (Wildman–Crippen MR) is 76.2 cm³/mol. The van der Waals surface area contributed by atoms with Crippen molar-refractivity contribution in [1.82, 2.24) is 4.72 Å². The van der Waals surface area contributed by atoms with E-state index in [0.717, 1.165) is 30.4 Å². The molecular weight excluding hydrogens is 260 g/mol. The second kappa shape index (κ2) is 5.23. The molecule has 0 bridgehead atoms. The Morgan fingerprint density at radius 2 is 2.05 bits per heavy atom. The highest BCUT2D eigenvalue weighted by Crippen LogP contribution is 2.48. The molecule has 19 heavy (non-hydrogen) atoms. The van der Waals surface area contributed by atoms with Gasteiger partial charge >= 0.3 is 0 Å². The van der Waals surface area contributed by atoms with Crippen molar-refractivity contribution < 1.29 is 8.42 Å². The minimum Gasteiger partial charge on any atom is -0.326 e. The molecular formula is C14H22N2O2S. The monoisotopic (exact) mass is 282 g/mol. The van der Waals surface area contributed by atoms with Crippen molar-refractivity contribution in [2.45, 2.75) is 44.6 Å². The maximum absolute atomic E-state index is 12.3.